The van der Waals surface area contributed by atoms with Gasteiger partial charge >= 0.3 is 0 Å². The molecular formula is C123H198. The van der Waals surface area contributed by atoms with Crippen LogP contribution in [0.3, 0.4) is 0 Å². The topological polar surface area (TPSA) is 0 Å². The van der Waals surface area contributed by atoms with Gasteiger partial charge < -0.3 is 0 Å². The van der Waals surface area contributed by atoms with Crippen molar-refractivity contribution in [3.63, 3.8) is 0 Å². The highest BCUT2D eigenvalue weighted by molar-refractivity contribution is 6.07. The van der Waals surface area contributed by atoms with E-state index in [2.05, 4.69) is 322 Å². The van der Waals surface area contributed by atoms with Gasteiger partial charge in [0, 0.05) is 0 Å². The van der Waals surface area contributed by atoms with E-state index in [1.54, 1.807) is 0 Å². The first-order valence-electron chi connectivity index (χ1n) is 41.3. The fourth-order valence-electron chi connectivity index (χ4n) is 10.6. The lowest BCUT2D eigenvalue weighted by Gasteiger charge is -2.02. The zero-order valence-electron chi connectivity index (χ0n) is 72.3. The lowest BCUT2D eigenvalue weighted by Crippen LogP contribution is -1.77. The van der Waals surface area contributed by atoms with E-state index in [4.69, 9.17) is 0 Å². The monoisotopic (exact) mass is 1680 g/mol. The second-order valence-corrected chi connectivity index (χ2v) is 20.7. The van der Waals surface area contributed by atoms with Crippen LogP contribution in [0.15, 0.2) is 382 Å². The van der Waals surface area contributed by atoms with E-state index in [1.807, 2.05) is 233 Å². The molecule has 17 rings (SSSR count). The van der Waals surface area contributed by atoms with Gasteiger partial charge in [-0.1, -0.05) is 658 Å². The second-order valence-electron chi connectivity index (χ2n) is 20.7. The molecule has 0 nitrogen and oxygen atoms in total. The SMILES string of the molecule is C.C.C.C.C.C.C.C.C.C.C.C.C.C.CC.CC.CC.CC.CC.CC.CC.CC.CC.CC.CC.CC.Cc1ccccc1.c1ccc(-c2ccccc2)cc1.c1ccc2c(c1)Cc1ccccc1-2.c1ccc2c(c1)Cc1ccccc1-2.c1ccc2c(c1)ccc1ccccc12.c1ccc2ccccc2c1.c1ccc2ccccc2c1.c1ccccc1. The number of fused-ring (bicyclic) bond motifs is 11. The van der Waals surface area contributed by atoms with Crippen LogP contribution >= 0.6 is 0 Å². The Bertz CT molecular complexity index is 3920. The van der Waals surface area contributed by atoms with Crippen molar-refractivity contribution in [1.29, 1.82) is 0 Å². The number of hydrogen-bond acceptors (Lipinski definition) is 0. The normalized spacial score (nSPS) is 7.88. The van der Waals surface area contributed by atoms with E-state index in [-0.39, 0.29) is 104 Å². The van der Waals surface area contributed by atoms with Crippen LogP contribution in [-0.2, 0) is 12.8 Å². The minimum atomic E-state index is 0. The third-order valence-corrected chi connectivity index (χ3v) is 14.9. The van der Waals surface area contributed by atoms with Gasteiger partial charge in [0.2, 0.25) is 0 Å². The molecule has 15 aromatic carbocycles. The molecule has 0 saturated heterocycles. The third-order valence-electron chi connectivity index (χ3n) is 14.9. The Hall–Kier alpha value is -10.7. The molecule has 0 spiro atoms. The summed E-state index contributed by atoms with van der Waals surface area (Å²) in [6, 6.07) is 132. The predicted molar refractivity (Wildman–Crippen MR) is 599 cm³/mol. The molecule has 0 unspecified atom stereocenters. The molecule has 0 heterocycles. The molecule has 123 heavy (non-hydrogen) atoms. The average molecular weight is 1680 g/mol. The fraction of sp³-hybridized carbons (Fsp3) is 0.333. The zero-order valence-corrected chi connectivity index (χ0v) is 72.3. The number of aryl methyl sites for hydroxylation is 1. The Balaban J connectivity index is -0.0000000666. The van der Waals surface area contributed by atoms with Crippen LogP contribution < -0.4 is 0 Å². The highest BCUT2D eigenvalue weighted by atomic mass is 14.2. The van der Waals surface area contributed by atoms with E-state index in [9.17, 15) is 0 Å². The van der Waals surface area contributed by atoms with Crippen molar-refractivity contribution in [2.24, 2.45) is 0 Å². The van der Waals surface area contributed by atoms with Gasteiger partial charge in [0.1, 0.15) is 0 Å². The van der Waals surface area contributed by atoms with Gasteiger partial charge in [-0.25, -0.2) is 0 Å². The van der Waals surface area contributed by atoms with Gasteiger partial charge in [0.25, 0.3) is 0 Å². The van der Waals surface area contributed by atoms with Crippen molar-refractivity contribution >= 4 is 43.1 Å². The molecular weight excluding hydrogens is 1480 g/mol. The molecule has 0 heteroatoms. The van der Waals surface area contributed by atoms with Crippen molar-refractivity contribution in [2.75, 3.05) is 0 Å². The summed E-state index contributed by atoms with van der Waals surface area (Å²) in [5, 5.41) is 10.5. The molecule has 0 saturated carbocycles. The average Bonchev–Trinajstić information content (AvgIpc) is 1.76. The summed E-state index contributed by atoms with van der Waals surface area (Å²) in [6.07, 6.45) is 2.21. The Morgan fingerprint density at radius 3 is 0.447 bits per heavy atom. The maximum Gasteiger partial charge on any atom is -0.00135 e. The van der Waals surface area contributed by atoms with Crippen LogP contribution in [0.2, 0.25) is 0 Å². The molecule has 0 aliphatic heterocycles. The summed E-state index contributed by atoms with van der Waals surface area (Å²) in [7, 11) is 0. The zero-order chi connectivity index (χ0) is 81.9. The van der Waals surface area contributed by atoms with Gasteiger partial charge in [-0.2, -0.15) is 0 Å². The van der Waals surface area contributed by atoms with Gasteiger partial charge in [-0.3, -0.25) is 0 Å². The molecule has 15 aromatic rings. The Morgan fingerprint density at radius 1 is 0.130 bits per heavy atom. The predicted octanol–water partition coefficient (Wildman–Crippen LogP) is 44.4. The molecule has 2 aliphatic rings. The van der Waals surface area contributed by atoms with E-state index in [1.165, 1.54) is 104 Å². The first-order chi connectivity index (χ1) is 54.1. The highest BCUT2D eigenvalue weighted by Gasteiger charge is 2.17. The van der Waals surface area contributed by atoms with Crippen LogP contribution in [0.4, 0.5) is 0 Å². The van der Waals surface area contributed by atoms with Crippen LogP contribution in [0, 0.1) is 6.92 Å². The third kappa shape index (κ3) is 58.9. The number of hydrogen-bond donors (Lipinski definition) is 0. The minimum Gasteiger partial charge on any atom is -0.0776 e. The van der Waals surface area contributed by atoms with Crippen molar-refractivity contribution < 1.29 is 0 Å². The summed E-state index contributed by atoms with van der Waals surface area (Å²) in [6.45, 7) is 50.1. The van der Waals surface area contributed by atoms with Crippen LogP contribution in [0.1, 0.15) is 298 Å². The molecule has 690 valence electrons. The maximum atomic E-state index is 2.22. The summed E-state index contributed by atoms with van der Waals surface area (Å²) in [4.78, 5) is 0. The van der Waals surface area contributed by atoms with Gasteiger partial charge in [-0.05, 0) is 118 Å². The van der Waals surface area contributed by atoms with Crippen molar-refractivity contribution in [2.45, 2.75) is 290 Å². The molecule has 2 aliphatic carbocycles. The number of rotatable bonds is 1. The number of benzene rings is 15. The van der Waals surface area contributed by atoms with Crippen molar-refractivity contribution in [1.82, 2.24) is 0 Å². The van der Waals surface area contributed by atoms with Crippen LogP contribution in [0.5, 0.6) is 0 Å². The summed E-state index contributed by atoms with van der Waals surface area (Å²) >= 11 is 0. The Morgan fingerprint density at radius 2 is 0.268 bits per heavy atom. The first-order valence-corrected chi connectivity index (χ1v) is 41.3. The summed E-state index contributed by atoms with van der Waals surface area (Å²) < 4.78 is 0. The van der Waals surface area contributed by atoms with Crippen molar-refractivity contribution in [3.05, 3.63) is 410 Å². The fourth-order valence-corrected chi connectivity index (χ4v) is 10.6. The van der Waals surface area contributed by atoms with Crippen LogP contribution in [0.25, 0.3) is 76.5 Å². The highest BCUT2D eigenvalue weighted by Crippen LogP contribution is 2.37. The van der Waals surface area contributed by atoms with E-state index >= 15 is 0 Å². The standard InChI is InChI=1S/C14H10.2C13H10.C12H10.2C10H8.C7H8.C6H6.12C2H6.14CH4/c1-3-7-13-11(5-1)9-10-12-6-2-4-8-14(12)13;2*1-3-7-12-10(5-1)9-11-6-2-4-8-13(11)12;1-3-7-11(8-4-1)12-9-5-2-6-10-12;2*1-2-6-10-8-4-3-7-9(10)5-1;1-7-5-3-2-4-6-7;1-2-4-6-5-3-1;12*1-2;;;;;;;;;;;;;;/h1-10H;2*1-8H,9H2;1-10H;2*1-8H;2-6H,1H3;1-6H;12*1-2H3;14*1H4. The maximum absolute atomic E-state index is 2.22. The molecule has 0 radical (unpaired) electrons. The van der Waals surface area contributed by atoms with E-state index < -0.39 is 0 Å². The smallest absolute Gasteiger partial charge is 0.00135 e. The summed E-state index contributed by atoms with van der Waals surface area (Å²) in [5.41, 5.74) is 15.4. The molecule has 0 bridgehead atoms. The Labute approximate surface area is 771 Å². The van der Waals surface area contributed by atoms with Crippen molar-refractivity contribution in [3.8, 4) is 33.4 Å². The molecule has 0 aromatic heterocycles. The van der Waals surface area contributed by atoms with Gasteiger partial charge in [-0.15, -0.1) is 0 Å². The van der Waals surface area contributed by atoms with Gasteiger partial charge in [0.05, 0.1) is 0 Å². The molecule has 0 amide bonds. The quantitative estimate of drug-likeness (QED) is 0.144. The molecule has 0 fully saturated rings. The Kier molecular flexibility index (Phi) is 136. The lowest BCUT2D eigenvalue weighted by atomic mass is 10.0. The summed E-state index contributed by atoms with van der Waals surface area (Å²) in [5.74, 6) is 0. The van der Waals surface area contributed by atoms with Gasteiger partial charge in [0.15, 0.2) is 0 Å². The largest absolute Gasteiger partial charge is 0.0776 e. The minimum absolute atomic E-state index is 0. The second kappa shape index (κ2) is 109. The lowest BCUT2D eigenvalue weighted by molar-refractivity contribution is 1.26. The molecule has 0 atom stereocenters. The van der Waals surface area contributed by atoms with E-state index in [0.717, 1.165) is 12.8 Å². The first kappa shape index (κ1) is 153. The van der Waals surface area contributed by atoms with E-state index in [0.29, 0.717) is 0 Å². The molecule has 0 N–H and O–H groups in total. The van der Waals surface area contributed by atoms with Crippen LogP contribution in [-0.4, -0.2) is 0 Å².